The summed E-state index contributed by atoms with van der Waals surface area (Å²) >= 11 is 0. The summed E-state index contributed by atoms with van der Waals surface area (Å²) in [6.07, 6.45) is 9.80. The first-order valence-corrected chi connectivity index (χ1v) is 4.47. The van der Waals surface area contributed by atoms with Gasteiger partial charge in [-0.1, -0.05) is 45.8 Å². The van der Waals surface area contributed by atoms with E-state index < -0.39 is 0 Å². The van der Waals surface area contributed by atoms with Crippen LogP contribution < -0.4 is 0 Å². The van der Waals surface area contributed by atoms with Gasteiger partial charge in [-0.05, 0) is 18.8 Å². The Morgan fingerprint density at radius 3 is 2.40 bits per heavy atom. The van der Waals surface area contributed by atoms with Gasteiger partial charge in [0.15, 0.2) is 0 Å². The Bertz CT molecular complexity index is 82.0. The minimum absolute atomic E-state index is 0.788. The van der Waals surface area contributed by atoms with Gasteiger partial charge in [-0.3, -0.25) is 0 Å². The number of unbranched alkanes of at least 4 members (excludes halogenated alkanes) is 1. The highest BCUT2D eigenvalue weighted by Crippen LogP contribution is 2.06. The molecule has 0 aliphatic heterocycles. The summed E-state index contributed by atoms with van der Waals surface area (Å²) in [5.41, 5.74) is 0. The Balaban J connectivity index is 3.26. The maximum atomic E-state index is 2.34. The van der Waals surface area contributed by atoms with Crippen LogP contribution in [-0.4, -0.2) is 0 Å². The van der Waals surface area contributed by atoms with Crippen LogP contribution >= 0.6 is 0 Å². The van der Waals surface area contributed by atoms with Crippen LogP contribution in [0.25, 0.3) is 0 Å². The molecule has 0 N–H and O–H groups in total. The monoisotopic (exact) mass is 140 g/mol. The third-order valence-corrected chi connectivity index (χ3v) is 1.66. The van der Waals surface area contributed by atoms with Crippen LogP contribution in [0.3, 0.4) is 0 Å². The maximum Gasteiger partial charge on any atom is -0.0262 e. The number of hydrogen-bond donors (Lipinski definition) is 0. The lowest BCUT2D eigenvalue weighted by molar-refractivity contribution is 0.631. The van der Waals surface area contributed by atoms with Gasteiger partial charge >= 0.3 is 0 Å². The fourth-order valence-electron chi connectivity index (χ4n) is 1.05. The molecular formula is C10H20. The van der Waals surface area contributed by atoms with Crippen LogP contribution in [0, 0.1) is 5.92 Å². The molecule has 0 saturated heterocycles. The predicted octanol–water partition coefficient (Wildman–Crippen LogP) is 3.78. The van der Waals surface area contributed by atoms with Crippen LogP contribution in [0.2, 0.25) is 0 Å². The lowest BCUT2D eigenvalue weighted by Gasteiger charge is -2.01. The van der Waals surface area contributed by atoms with E-state index in [2.05, 4.69) is 32.9 Å². The quantitative estimate of drug-likeness (QED) is 0.510. The normalized spacial score (nSPS) is 14.3. The van der Waals surface area contributed by atoms with Gasteiger partial charge < -0.3 is 0 Å². The molecule has 0 aliphatic rings. The first kappa shape index (κ1) is 9.74. The van der Waals surface area contributed by atoms with Crippen molar-refractivity contribution >= 4 is 0 Å². The second-order valence-corrected chi connectivity index (χ2v) is 2.98. The van der Waals surface area contributed by atoms with Crippen LogP contribution in [-0.2, 0) is 0 Å². The summed E-state index contributed by atoms with van der Waals surface area (Å²) in [5, 5.41) is 0. The maximum absolute atomic E-state index is 2.34. The molecule has 0 saturated carbocycles. The largest absolute Gasteiger partial charge is 0.0883 e. The van der Waals surface area contributed by atoms with Gasteiger partial charge in [0.1, 0.15) is 0 Å². The van der Waals surface area contributed by atoms with E-state index in [1.807, 2.05) is 0 Å². The molecule has 0 rings (SSSR count). The summed E-state index contributed by atoms with van der Waals surface area (Å²) in [7, 11) is 0. The van der Waals surface area contributed by atoms with E-state index in [1.165, 1.54) is 25.7 Å². The molecule has 0 amide bonds. The summed E-state index contributed by atoms with van der Waals surface area (Å²) in [4.78, 5) is 0. The van der Waals surface area contributed by atoms with Crippen molar-refractivity contribution in [1.82, 2.24) is 0 Å². The van der Waals surface area contributed by atoms with Crippen molar-refractivity contribution in [3.05, 3.63) is 12.2 Å². The van der Waals surface area contributed by atoms with Crippen molar-refractivity contribution in [3.63, 3.8) is 0 Å². The SMILES string of the molecule is CCC/C=C\C(C)CCC. The van der Waals surface area contributed by atoms with E-state index in [0.717, 1.165) is 5.92 Å². The van der Waals surface area contributed by atoms with E-state index in [0.29, 0.717) is 0 Å². The first-order chi connectivity index (χ1) is 4.81. The number of rotatable bonds is 5. The Hall–Kier alpha value is -0.260. The molecule has 0 aromatic heterocycles. The molecule has 0 heteroatoms. The van der Waals surface area contributed by atoms with Gasteiger partial charge in [-0.25, -0.2) is 0 Å². The van der Waals surface area contributed by atoms with Gasteiger partial charge in [-0.2, -0.15) is 0 Å². The van der Waals surface area contributed by atoms with E-state index in [4.69, 9.17) is 0 Å². The van der Waals surface area contributed by atoms with Crippen molar-refractivity contribution in [3.8, 4) is 0 Å². The van der Waals surface area contributed by atoms with Crippen molar-refractivity contribution < 1.29 is 0 Å². The highest BCUT2D eigenvalue weighted by molar-refractivity contribution is 4.85. The average Bonchev–Trinajstić information content (AvgIpc) is 1.89. The van der Waals surface area contributed by atoms with Gasteiger partial charge in [-0.15, -0.1) is 0 Å². The van der Waals surface area contributed by atoms with Crippen LogP contribution in [0.15, 0.2) is 12.2 Å². The van der Waals surface area contributed by atoms with Crippen molar-refractivity contribution in [1.29, 1.82) is 0 Å². The average molecular weight is 140 g/mol. The Kier molecular flexibility index (Phi) is 6.68. The Morgan fingerprint density at radius 2 is 1.90 bits per heavy atom. The molecule has 0 heterocycles. The van der Waals surface area contributed by atoms with Crippen molar-refractivity contribution in [2.45, 2.75) is 46.5 Å². The smallest absolute Gasteiger partial charge is 0.0262 e. The Morgan fingerprint density at radius 1 is 1.20 bits per heavy atom. The van der Waals surface area contributed by atoms with E-state index in [1.54, 1.807) is 0 Å². The van der Waals surface area contributed by atoms with Crippen LogP contribution in [0.5, 0.6) is 0 Å². The second-order valence-electron chi connectivity index (χ2n) is 2.98. The highest BCUT2D eigenvalue weighted by Gasteiger charge is 1.91. The zero-order valence-electron chi connectivity index (χ0n) is 7.56. The molecule has 1 atom stereocenters. The minimum Gasteiger partial charge on any atom is -0.0883 e. The standard InChI is InChI=1S/C10H20/c1-4-6-7-9-10(3)8-5-2/h7,9-10H,4-6,8H2,1-3H3/b9-7-. The van der Waals surface area contributed by atoms with Crippen molar-refractivity contribution in [2.24, 2.45) is 5.92 Å². The highest BCUT2D eigenvalue weighted by atomic mass is 14.0. The molecule has 0 radical (unpaired) electrons. The summed E-state index contributed by atoms with van der Waals surface area (Å²) < 4.78 is 0. The molecule has 0 nitrogen and oxygen atoms in total. The molecule has 1 unspecified atom stereocenters. The third kappa shape index (κ3) is 5.87. The molecule has 0 aliphatic carbocycles. The minimum atomic E-state index is 0.788. The second kappa shape index (κ2) is 6.85. The molecule has 0 fully saturated rings. The van der Waals surface area contributed by atoms with E-state index in [9.17, 15) is 0 Å². The molecule has 0 spiro atoms. The fraction of sp³-hybridized carbons (Fsp3) is 0.800. The van der Waals surface area contributed by atoms with Crippen molar-refractivity contribution in [2.75, 3.05) is 0 Å². The van der Waals surface area contributed by atoms with Gasteiger partial charge in [0.2, 0.25) is 0 Å². The topological polar surface area (TPSA) is 0 Å². The molecule has 0 aromatic carbocycles. The lowest BCUT2D eigenvalue weighted by atomic mass is 10.1. The van der Waals surface area contributed by atoms with Gasteiger partial charge in [0.25, 0.3) is 0 Å². The van der Waals surface area contributed by atoms with E-state index in [-0.39, 0.29) is 0 Å². The third-order valence-electron chi connectivity index (χ3n) is 1.66. The summed E-state index contributed by atoms with van der Waals surface area (Å²) in [5.74, 6) is 0.788. The van der Waals surface area contributed by atoms with E-state index >= 15 is 0 Å². The predicted molar refractivity (Wildman–Crippen MR) is 48.1 cm³/mol. The van der Waals surface area contributed by atoms with Gasteiger partial charge in [0.05, 0.1) is 0 Å². The number of hydrogen-bond acceptors (Lipinski definition) is 0. The first-order valence-electron chi connectivity index (χ1n) is 4.47. The fourth-order valence-corrected chi connectivity index (χ4v) is 1.05. The molecule has 10 heavy (non-hydrogen) atoms. The summed E-state index contributed by atoms with van der Waals surface area (Å²) in [6.45, 7) is 6.74. The molecule has 0 aromatic rings. The zero-order valence-corrected chi connectivity index (χ0v) is 7.56. The van der Waals surface area contributed by atoms with Crippen LogP contribution in [0.1, 0.15) is 46.5 Å². The molecule has 0 bridgehead atoms. The van der Waals surface area contributed by atoms with Gasteiger partial charge in [0, 0.05) is 0 Å². The Labute approximate surface area is 65.3 Å². The number of allylic oxidation sites excluding steroid dienone is 2. The molecular weight excluding hydrogens is 120 g/mol. The summed E-state index contributed by atoms with van der Waals surface area (Å²) in [6, 6.07) is 0. The lowest BCUT2D eigenvalue weighted by Crippen LogP contribution is -1.86. The zero-order chi connectivity index (χ0) is 7.82. The van der Waals surface area contributed by atoms with Crippen LogP contribution in [0.4, 0.5) is 0 Å². The molecule has 60 valence electrons.